The smallest absolute Gasteiger partial charge is 0.337 e. The number of imidazole rings is 1. The predicted molar refractivity (Wildman–Crippen MR) is 73.2 cm³/mol. The Morgan fingerprint density at radius 3 is 2.90 bits per heavy atom. The van der Waals surface area contributed by atoms with Crippen molar-refractivity contribution in [2.24, 2.45) is 0 Å². The van der Waals surface area contributed by atoms with Gasteiger partial charge in [-0.05, 0) is 32.4 Å². The van der Waals surface area contributed by atoms with E-state index in [1.807, 2.05) is 13.8 Å². The molecule has 1 saturated heterocycles. The lowest BCUT2D eigenvalue weighted by Crippen LogP contribution is -2.42. The summed E-state index contributed by atoms with van der Waals surface area (Å²) >= 11 is 0. The summed E-state index contributed by atoms with van der Waals surface area (Å²) in [6.45, 7) is 4.39. The number of carboxylic acids is 1. The van der Waals surface area contributed by atoms with Crippen LogP contribution in [0.15, 0.2) is 23.0 Å². The summed E-state index contributed by atoms with van der Waals surface area (Å²) in [4.78, 5) is 26.5. The molecule has 2 unspecified atom stereocenters. The number of carbonyl (C=O) groups is 1. The first-order chi connectivity index (χ1) is 9.45. The van der Waals surface area contributed by atoms with Crippen LogP contribution in [0.3, 0.4) is 0 Å². The Labute approximate surface area is 115 Å². The molecular formula is C14H16N2O4. The van der Waals surface area contributed by atoms with Crippen LogP contribution in [-0.2, 0) is 10.3 Å². The Morgan fingerprint density at radius 1 is 1.55 bits per heavy atom. The molecule has 106 valence electrons. The van der Waals surface area contributed by atoms with E-state index in [4.69, 9.17) is 4.74 Å². The third-order valence-corrected chi connectivity index (χ3v) is 4.30. The van der Waals surface area contributed by atoms with Gasteiger partial charge in [-0.25, -0.2) is 9.59 Å². The van der Waals surface area contributed by atoms with E-state index >= 15 is 0 Å². The minimum absolute atomic E-state index is 0.126. The summed E-state index contributed by atoms with van der Waals surface area (Å²) in [5.41, 5.74) is 0.260. The summed E-state index contributed by atoms with van der Waals surface area (Å²) in [6, 6.07) is 4.85. The van der Waals surface area contributed by atoms with Crippen molar-refractivity contribution in [2.75, 3.05) is 6.61 Å². The SMILES string of the molecule is CC1OCCC1(C)n1c(=O)[nH]c2cccc(C(=O)O)c21. The number of aromatic nitrogens is 2. The van der Waals surface area contributed by atoms with Crippen LogP contribution in [0.25, 0.3) is 11.0 Å². The van der Waals surface area contributed by atoms with E-state index in [0.29, 0.717) is 24.1 Å². The van der Waals surface area contributed by atoms with Crippen LogP contribution >= 0.6 is 0 Å². The average molecular weight is 276 g/mol. The molecule has 0 saturated carbocycles. The van der Waals surface area contributed by atoms with Crippen molar-refractivity contribution in [3.63, 3.8) is 0 Å². The number of benzene rings is 1. The molecule has 2 heterocycles. The Kier molecular flexibility index (Phi) is 2.72. The Morgan fingerprint density at radius 2 is 2.30 bits per heavy atom. The highest BCUT2D eigenvalue weighted by atomic mass is 16.5. The number of para-hydroxylation sites is 1. The first-order valence-electron chi connectivity index (χ1n) is 6.54. The first kappa shape index (κ1) is 12.9. The number of aromatic amines is 1. The lowest BCUT2D eigenvalue weighted by atomic mass is 9.93. The fraction of sp³-hybridized carbons (Fsp3) is 0.429. The molecule has 0 spiro atoms. The number of hydrogen-bond acceptors (Lipinski definition) is 3. The molecule has 0 bridgehead atoms. The lowest BCUT2D eigenvalue weighted by Gasteiger charge is -2.29. The van der Waals surface area contributed by atoms with Crippen LogP contribution in [0.5, 0.6) is 0 Å². The van der Waals surface area contributed by atoms with Crippen molar-refractivity contribution in [3.05, 3.63) is 34.2 Å². The van der Waals surface area contributed by atoms with E-state index in [1.165, 1.54) is 6.07 Å². The number of fused-ring (bicyclic) bond motifs is 1. The normalized spacial score (nSPS) is 26.2. The maximum atomic E-state index is 12.3. The van der Waals surface area contributed by atoms with Gasteiger partial charge in [0.25, 0.3) is 0 Å². The zero-order valence-corrected chi connectivity index (χ0v) is 11.3. The number of nitrogens with zero attached hydrogens (tertiary/aromatic N) is 1. The molecule has 1 fully saturated rings. The molecule has 1 aliphatic heterocycles. The molecule has 6 nitrogen and oxygen atoms in total. The number of ether oxygens (including phenoxy) is 1. The van der Waals surface area contributed by atoms with Gasteiger partial charge in [0, 0.05) is 6.61 Å². The number of hydrogen-bond donors (Lipinski definition) is 2. The molecule has 3 rings (SSSR count). The average Bonchev–Trinajstić information content (AvgIpc) is 2.89. The number of nitrogens with one attached hydrogen (secondary N) is 1. The van der Waals surface area contributed by atoms with Crippen molar-refractivity contribution in [1.82, 2.24) is 9.55 Å². The van der Waals surface area contributed by atoms with E-state index in [9.17, 15) is 14.7 Å². The van der Waals surface area contributed by atoms with Crippen LogP contribution in [0.1, 0.15) is 30.6 Å². The molecule has 1 aliphatic rings. The lowest BCUT2D eigenvalue weighted by molar-refractivity contribution is 0.0691. The highest BCUT2D eigenvalue weighted by Gasteiger charge is 2.41. The second-order valence-electron chi connectivity index (χ2n) is 5.39. The summed E-state index contributed by atoms with van der Waals surface area (Å²) < 4.78 is 7.12. The van der Waals surface area contributed by atoms with Gasteiger partial charge in [0.2, 0.25) is 0 Å². The maximum absolute atomic E-state index is 12.3. The molecule has 2 aromatic rings. The topological polar surface area (TPSA) is 84.3 Å². The molecule has 0 aliphatic carbocycles. The zero-order chi connectivity index (χ0) is 14.5. The van der Waals surface area contributed by atoms with E-state index in [0.717, 1.165) is 0 Å². The van der Waals surface area contributed by atoms with E-state index < -0.39 is 11.5 Å². The quantitative estimate of drug-likeness (QED) is 0.871. The number of aromatic carboxylic acids is 1. The molecule has 0 amide bonds. The van der Waals surface area contributed by atoms with E-state index in [-0.39, 0.29) is 17.4 Å². The van der Waals surface area contributed by atoms with Gasteiger partial charge in [-0.15, -0.1) is 0 Å². The first-order valence-corrected chi connectivity index (χ1v) is 6.54. The standard InChI is InChI=1S/C14H16N2O4/c1-8-14(2,6-7-20-8)16-11-9(12(17)18)4-3-5-10(11)15-13(16)19/h3-5,8H,6-7H2,1-2H3,(H,15,19)(H,17,18). The monoisotopic (exact) mass is 276 g/mol. The molecule has 6 heteroatoms. The molecule has 20 heavy (non-hydrogen) atoms. The number of rotatable bonds is 2. The van der Waals surface area contributed by atoms with Crippen LogP contribution in [-0.4, -0.2) is 33.3 Å². The van der Waals surface area contributed by atoms with E-state index in [1.54, 1.807) is 16.7 Å². The minimum atomic E-state index is -1.04. The van der Waals surface area contributed by atoms with Gasteiger partial charge >= 0.3 is 11.7 Å². The largest absolute Gasteiger partial charge is 0.478 e. The number of H-pyrrole nitrogens is 1. The van der Waals surface area contributed by atoms with Gasteiger partial charge in [-0.2, -0.15) is 0 Å². The van der Waals surface area contributed by atoms with Crippen LogP contribution in [0.2, 0.25) is 0 Å². The van der Waals surface area contributed by atoms with Gasteiger partial charge in [0.15, 0.2) is 0 Å². The fourth-order valence-electron chi connectivity index (χ4n) is 2.94. The molecule has 1 aromatic carbocycles. The van der Waals surface area contributed by atoms with Gasteiger partial charge in [-0.1, -0.05) is 6.07 Å². The van der Waals surface area contributed by atoms with Crippen molar-refractivity contribution in [3.8, 4) is 0 Å². The van der Waals surface area contributed by atoms with Crippen LogP contribution in [0, 0.1) is 0 Å². The summed E-state index contributed by atoms with van der Waals surface area (Å²) in [5.74, 6) is -1.04. The van der Waals surface area contributed by atoms with Gasteiger partial charge in [0.05, 0.1) is 28.2 Å². The van der Waals surface area contributed by atoms with Gasteiger partial charge in [-0.3, -0.25) is 4.57 Å². The molecule has 0 radical (unpaired) electrons. The van der Waals surface area contributed by atoms with Gasteiger partial charge in [0.1, 0.15) is 0 Å². The van der Waals surface area contributed by atoms with Crippen molar-refractivity contribution >= 4 is 17.0 Å². The second-order valence-corrected chi connectivity index (χ2v) is 5.39. The highest BCUT2D eigenvalue weighted by Crippen LogP contribution is 2.34. The summed E-state index contributed by atoms with van der Waals surface area (Å²) in [6.07, 6.45) is 0.524. The molecule has 1 aromatic heterocycles. The summed E-state index contributed by atoms with van der Waals surface area (Å²) in [5, 5.41) is 9.35. The number of carboxylic acid groups (broad SMARTS) is 1. The Bertz CT molecular complexity index is 745. The molecular weight excluding hydrogens is 260 g/mol. The van der Waals surface area contributed by atoms with E-state index in [2.05, 4.69) is 4.98 Å². The molecule has 2 N–H and O–H groups in total. The van der Waals surface area contributed by atoms with Crippen LogP contribution < -0.4 is 5.69 Å². The second kappa shape index (κ2) is 4.21. The van der Waals surface area contributed by atoms with Gasteiger partial charge < -0.3 is 14.8 Å². The maximum Gasteiger partial charge on any atom is 0.337 e. The Hall–Kier alpha value is -2.08. The molecule has 2 atom stereocenters. The van der Waals surface area contributed by atoms with Crippen molar-refractivity contribution in [1.29, 1.82) is 0 Å². The summed E-state index contributed by atoms with van der Waals surface area (Å²) in [7, 11) is 0. The highest BCUT2D eigenvalue weighted by molar-refractivity contribution is 6.01. The third-order valence-electron chi connectivity index (χ3n) is 4.30. The fourth-order valence-corrected chi connectivity index (χ4v) is 2.94. The third kappa shape index (κ3) is 1.61. The minimum Gasteiger partial charge on any atom is -0.478 e. The Balaban J connectivity index is 2.38. The predicted octanol–water partition coefficient (Wildman–Crippen LogP) is 1.55. The zero-order valence-electron chi connectivity index (χ0n) is 11.3. The van der Waals surface area contributed by atoms with Crippen LogP contribution in [0.4, 0.5) is 0 Å². The van der Waals surface area contributed by atoms with Crippen molar-refractivity contribution in [2.45, 2.75) is 31.9 Å². The van der Waals surface area contributed by atoms with Crippen molar-refractivity contribution < 1.29 is 14.6 Å².